The molecule has 0 spiro atoms. The van der Waals surface area contributed by atoms with Crippen LogP contribution in [0.5, 0.6) is 0 Å². The van der Waals surface area contributed by atoms with E-state index >= 15 is 0 Å². The molecule has 0 unspecified atom stereocenters. The van der Waals surface area contributed by atoms with Crippen molar-refractivity contribution in [2.45, 2.75) is 25.8 Å². The highest BCUT2D eigenvalue weighted by molar-refractivity contribution is 6.16. The summed E-state index contributed by atoms with van der Waals surface area (Å²) in [6, 6.07) is 12.8. The molecule has 0 fully saturated rings. The number of fused-ring (bicyclic) bond motifs is 1. The van der Waals surface area contributed by atoms with Crippen LogP contribution in [0.3, 0.4) is 0 Å². The minimum atomic E-state index is -0.205. The Balaban J connectivity index is 1.92. The second-order valence-electron chi connectivity index (χ2n) is 5.13. The van der Waals surface area contributed by atoms with Gasteiger partial charge in [-0.25, -0.2) is 9.37 Å². The molecule has 21 heavy (non-hydrogen) atoms. The molecule has 3 rings (SSSR count). The maximum Gasteiger partial charge on any atom is 0.124 e. The van der Waals surface area contributed by atoms with Gasteiger partial charge in [0.25, 0.3) is 0 Å². The lowest BCUT2D eigenvalue weighted by Gasteiger charge is -2.08. The van der Waals surface area contributed by atoms with Crippen molar-refractivity contribution in [3.8, 4) is 0 Å². The van der Waals surface area contributed by atoms with E-state index in [1.54, 1.807) is 0 Å². The van der Waals surface area contributed by atoms with E-state index in [-0.39, 0.29) is 5.82 Å². The molecule has 0 radical (unpaired) electrons. The molecule has 4 heteroatoms. The van der Waals surface area contributed by atoms with Crippen LogP contribution in [-0.4, -0.2) is 9.55 Å². The predicted molar refractivity (Wildman–Crippen MR) is 84.1 cm³/mol. The first-order valence-corrected chi connectivity index (χ1v) is 7.47. The van der Waals surface area contributed by atoms with Crippen LogP contribution in [0.25, 0.3) is 11.0 Å². The number of hydrogen-bond donors (Lipinski definition) is 0. The molecule has 0 aliphatic heterocycles. The molecule has 3 aromatic rings. The van der Waals surface area contributed by atoms with Crippen molar-refractivity contribution in [2.75, 3.05) is 0 Å². The summed E-state index contributed by atoms with van der Waals surface area (Å²) in [5.41, 5.74) is 4.37. The van der Waals surface area contributed by atoms with Gasteiger partial charge in [-0.15, -0.1) is 11.6 Å². The summed E-state index contributed by atoms with van der Waals surface area (Å²) in [4.78, 5) is 4.63. The number of para-hydroxylation sites is 1. The van der Waals surface area contributed by atoms with E-state index in [1.807, 2.05) is 18.2 Å². The average molecular weight is 303 g/mol. The molecule has 0 aliphatic carbocycles. The van der Waals surface area contributed by atoms with Crippen LogP contribution in [0.15, 0.2) is 42.5 Å². The standard InChI is InChI=1S/C17H16ClFN2/c1-12-3-2-4-15-17(12)20-16(11-18)21(15)10-9-13-5-7-14(19)8-6-13/h2-8H,9-11H2,1H3. The van der Waals surface area contributed by atoms with E-state index in [2.05, 4.69) is 28.6 Å². The zero-order valence-corrected chi connectivity index (χ0v) is 12.6. The van der Waals surface area contributed by atoms with E-state index in [4.69, 9.17) is 11.6 Å². The Morgan fingerprint density at radius 2 is 1.90 bits per heavy atom. The van der Waals surface area contributed by atoms with Crippen molar-refractivity contribution in [1.82, 2.24) is 9.55 Å². The summed E-state index contributed by atoms with van der Waals surface area (Å²) in [6.45, 7) is 2.84. The fourth-order valence-corrected chi connectivity index (χ4v) is 2.78. The van der Waals surface area contributed by atoms with Gasteiger partial charge in [0.05, 0.1) is 16.9 Å². The summed E-state index contributed by atoms with van der Waals surface area (Å²) in [5.74, 6) is 1.06. The SMILES string of the molecule is Cc1cccc2c1nc(CCl)n2CCc1ccc(F)cc1. The number of imidazole rings is 1. The van der Waals surface area contributed by atoms with E-state index in [0.29, 0.717) is 5.88 Å². The second-order valence-corrected chi connectivity index (χ2v) is 5.40. The first-order valence-electron chi connectivity index (χ1n) is 6.94. The summed E-state index contributed by atoms with van der Waals surface area (Å²) in [7, 11) is 0. The lowest BCUT2D eigenvalue weighted by molar-refractivity contribution is 0.625. The van der Waals surface area contributed by atoms with Gasteiger partial charge in [0.2, 0.25) is 0 Å². The van der Waals surface area contributed by atoms with Crippen molar-refractivity contribution in [2.24, 2.45) is 0 Å². The number of halogens is 2. The van der Waals surface area contributed by atoms with Gasteiger partial charge in [0.1, 0.15) is 11.6 Å². The highest BCUT2D eigenvalue weighted by Gasteiger charge is 2.11. The van der Waals surface area contributed by atoms with Crippen molar-refractivity contribution in [3.05, 3.63) is 65.2 Å². The number of benzene rings is 2. The third-order valence-corrected chi connectivity index (χ3v) is 3.96. The minimum Gasteiger partial charge on any atom is -0.327 e. The van der Waals surface area contributed by atoms with Crippen molar-refractivity contribution in [1.29, 1.82) is 0 Å². The predicted octanol–water partition coefficient (Wildman–Crippen LogP) is 4.47. The Hall–Kier alpha value is -1.87. The third-order valence-electron chi connectivity index (χ3n) is 3.72. The molecule has 0 saturated heterocycles. The largest absolute Gasteiger partial charge is 0.327 e. The van der Waals surface area contributed by atoms with Crippen molar-refractivity contribution in [3.63, 3.8) is 0 Å². The topological polar surface area (TPSA) is 17.8 Å². The average Bonchev–Trinajstić information content (AvgIpc) is 2.86. The number of rotatable bonds is 4. The number of nitrogens with zero attached hydrogens (tertiary/aromatic N) is 2. The first kappa shape index (κ1) is 14.1. The molecule has 0 saturated carbocycles. The van der Waals surface area contributed by atoms with Crippen LogP contribution in [0.1, 0.15) is 17.0 Å². The smallest absolute Gasteiger partial charge is 0.124 e. The molecule has 1 aromatic heterocycles. The first-order chi connectivity index (χ1) is 10.2. The quantitative estimate of drug-likeness (QED) is 0.650. The molecule has 108 valence electrons. The van der Waals surface area contributed by atoms with Crippen molar-refractivity contribution >= 4 is 22.6 Å². The summed E-state index contributed by atoms with van der Waals surface area (Å²) in [5, 5.41) is 0. The Morgan fingerprint density at radius 1 is 1.14 bits per heavy atom. The molecule has 0 N–H and O–H groups in total. The molecule has 2 nitrogen and oxygen atoms in total. The highest BCUT2D eigenvalue weighted by Crippen LogP contribution is 2.21. The zero-order chi connectivity index (χ0) is 14.8. The fourth-order valence-electron chi connectivity index (χ4n) is 2.58. The van der Waals surface area contributed by atoms with Crippen molar-refractivity contribution < 1.29 is 4.39 Å². The lowest BCUT2D eigenvalue weighted by Crippen LogP contribution is -2.05. The van der Waals surface area contributed by atoms with Crippen LogP contribution in [-0.2, 0) is 18.8 Å². The normalized spacial score (nSPS) is 11.2. The highest BCUT2D eigenvalue weighted by atomic mass is 35.5. The Morgan fingerprint density at radius 3 is 2.62 bits per heavy atom. The Kier molecular flexibility index (Phi) is 3.93. The van der Waals surface area contributed by atoms with Gasteiger partial charge < -0.3 is 4.57 Å². The van der Waals surface area contributed by atoms with E-state index < -0.39 is 0 Å². The fraction of sp³-hybridized carbons (Fsp3) is 0.235. The Labute approximate surface area is 128 Å². The van der Waals surface area contributed by atoms with Gasteiger partial charge in [-0.1, -0.05) is 24.3 Å². The van der Waals surface area contributed by atoms with Crippen LogP contribution < -0.4 is 0 Å². The molecule has 0 bridgehead atoms. The van der Waals surface area contributed by atoms with Gasteiger partial charge in [-0.3, -0.25) is 0 Å². The van der Waals surface area contributed by atoms with E-state index in [1.165, 1.54) is 12.1 Å². The molecule has 0 amide bonds. The Bertz CT molecular complexity index is 762. The van der Waals surface area contributed by atoms with E-state index in [9.17, 15) is 4.39 Å². The van der Waals surface area contributed by atoms with Crippen LogP contribution in [0, 0.1) is 12.7 Å². The number of aryl methyl sites for hydroxylation is 3. The molecule has 0 atom stereocenters. The third kappa shape index (κ3) is 2.79. The summed E-state index contributed by atoms with van der Waals surface area (Å²) >= 11 is 6.03. The number of alkyl halides is 1. The zero-order valence-electron chi connectivity index (χ0n) is 11.8. The molecular formula is C17H16ClFN2. The maximum atomic E-state index is 12.9. The number of hydrogen-bond acceptors (Lipinski definition) is 1. The minimum absolute atomic E-state index is 0.205. The van der Waals surface area contributed by atoms with Gasteiger partial charge in [-0.05, 0) is 42.7 Å². The van der Waals surface area contributed by atoms with Gasteiger partial charge in [0, 0.05) is 6.54 Å². The van der Waals surface area contributed by atoms with Crippen LogP contribution in [0.2, 0.25) is 0 Å². The van der Waals surface area contributed by atoms with Gasteiger partial charge >= 0.3 is 0 Å². The molecule has 1 heterocycles. The van der Waals surface area contributed by atoms with Crippen LogP contribution >= 0.6 is 11.6 Å². The van der Waals surface area contributed by atoms with E-state index in [0.717, 1.165) is 41.0 Å². The van der Waals surface area contributed by atoms with Crippen LogP contribution in [0.4, 0.5) is 4.39 Å². The molecular weight excluding hydrogens is 287 g/mol. The molecule has 2 aromatic carbocycles. The van der Waals surface area contributed by atoms with Gasteiger partial charge in [-0.2, -0.15) is 0 Å². The second kappa shape index (κ2) is 5.86. The maximum absolute atomic E-state index is 12.9. The monoisotopic (exact) mass is 302 g/mol. The number of aromatic nitrogens is 2. The summed E-state index contributed by atoms with van der Waals surface area (Å²) in [6.07, 6.45) is 0.823. The summed E-state index contributed by atoms with van der Waals surface area (Å²) < 4.78 is 15.1. The van der Waals surface area contributed by atoms with Gasteiger partial charge in [0.15, 0.2) is 0 Å². The lowest BCUT2D eigenvalue weighted by atomic mass is 10.1. The molecule has 0 aliphatic rings.